The third-order valence-electron chi connectivity index (χ3n) is 3.69. The second-order valence-corrected chi connectivity index (χ2v) is 5.00. The average Bonchev–Trinajstić information content (AvgIpc) is 2.35. The van der Waals surface area contributed by atoms with E-state index in [1.54, 1.807) is 0 Å². The van der Waals surface area contributed by atoms with Crippen molar-refractivity contribution in [2.45, 2.75) is 19.9 Å². The number of aliphatic imine (C=N–C) groups is 1. The number of rotatable bonds is 1. The van der Waals surface area contributed by atoms with Gasteiger partial charge in [-0.1, -0.05) is 19.1 Å². The van der Waals surface area contributed by atoms with Crippen molar-refractivity contribution < 1.29 is 0 Å². The zero-order chi connectivity index (χ0) is 11.8. The van der Waals surface area contributed by atoms with Crippen LogP contribution in [0.3, 0.4) is 0 Å². The van der Waals surface area contributed by atoms with Crippen molar-refractivity contribution >= 4 is 11.5 Å². The number of fused-ring (bicyclic) bond motifs is 2. The molecular formula is C14H19N3. The van der Waals surface area contributed by atoms with E-state index in [0.29, 0.717) is 0 Å². The zero-order valence-corrected chi connectivity index (χ0v) is 10.6. The number of hydrogen-bond donors (Lipinski definition) is 0. The molecule has 90 valence electrons. The fraction of sp³-hybridized carbons (Fsp3) is 0.500. The maximum Gasteiger partial charge on any atom is 0.119 e. The molecule has 1 saturated heterocycles. The van der Waals surface area contributed by atoms with Crippen LogP contribution in [-0.2, 0) is 13.0 Å². The van der Waals surface area contributed by atoms with Crippen LogP contribution in [0.4, 0.5) is 5.69 Å². The topological polar surface area (TPSA) is 18.8 Å². The molecule has 0 spiro atoms. The summed E-state index contributed by atoms with van der Waals surface area (Å²) >= 11 is 0. The summed E-state index contributed by atoms with van der Waals surface area (Å²) in [6.07, 6.45) is 1.10. The van der Waals surface area contributed by atoms with Gasteiger partial charge in [-0.25, -0.2) is 4.99 Å². The van der Waals surface area contributed by atoms with Crippen LogP contribution >= 0.6 is 0 Å². The first kappa shape index (κ1) is 10.8. The summed E-state index contributed by atoms with van der Waals surface area (Å²) in [5.41, 5.74) is 3.97. The summed E-state index contributed by atoms with van der Waals surface area (Å²) in [7, 11) is 2.16. The van der Waals surface area contributed by atoms with Crippen LogP contribution in [0.5, 0.6) is 0 Å². The first-order valence-corrected chi connectivity index (χ1v) is 6.39. The molecule has 17 heavy (non-hydrogen) atoms. The highest BCUT2D eigenvalue weighted by atomic mass is 15.3. The number of benzene rings is 1. The van der Waals surface area contributed by atoms with Crippen molar-refractivity contribution in [2.24, 2.45) is 4.99 Å². The highest BCUT2D eigenvalue weighted by Crippen LogP contribution is 2.28. The number of hydrogen-bond acceptors (Lipinski definition) is 3. The lowest BCUT2D eigenvalue weighted by molar-refractivity contribution is 0.258. The Hall–Kier alpha value is -1.35. The Balaban J connectivity index is 1.96. The van der Waals surface area contributed by atoms with Crippen LogP contribution < -0.4 is 0 Å². The molecule has 1 fully saturated rings. The lowest BCUT2D eigenvalue weighted by Gasteiger charge is -2.38. The second-order valence-electron chi connectivity index (χ2n) is 5.00. The summed E-state index contributed by atoms with van der Waals surface area (Å²) in [5.74, 6) is 1.23. The van der Waals surface area contributed by atoms with Gasteiger partial charge < -0.3 is 4.90 Å². The molecule has 0 aromatic heterocycles. The van der Waals surface area contributed by atoms with E-state index in [-0.39, 0.29) is 0 Å². The maximum absolute atomic E-state index is 4.79. The molecule has 0 atom stereocenters. The summed E-state index contributed by atoms with van der Waals surface area (Å²) < 4.78 is 0. The van der Waals surface area contributed by atoms with E-state index in [9.17, 15) is 0 Å². The Morgan fingerprint density at radius 1 is 1.24 bits per heavy atom. The van der Waals surface area contributed by atoms with E-state index in [1.165, 1.54) is 22.6 Å². The Kier molecular flexibility index (Phi) is 2.63. The third-order valence-corrected chi connectivity index (χ3v) is 3.69. The standard InChI is InChI=1S/C14H19N3/c1-3-11-4-5-13-12(8-11)9-17-7-6-16(2)10-14(17)15-13/h4-5,8H,3,6-7,9-10H2,1-2H3. The molecular weight excluding hydrogens is 210 g/mol. The highest BCUT2D eigenvalue weighted by molar-refractivity contribution is 5.89. The molecule has 1 aromatic rings. The molecule has 2 aliphatic rings. The first-order chi connectivity index (χ1) is 8.26. The summed E-state index contributed by atoms with van der Waals surface area (Å²) in [4.78, 5) is 9.55. The molecule has 2 aliphatic heterocycles. The molecule has 2 heterocycles. The van der Waals surface area contributed by atoms with Gasteiger partial charge in [-0.2, -0.15) is 0 Å². The van der Waals surface area contributed by atoms with E-state index in [1.807, 2.05) is 0 Å². The minimum absolute atomic E-state index is 0.981. The Labute approximate surface area is 103 Å². The van der Waals surface area contributed by atoms with E-state index in [0.717, 1.165) is 32.6 Å². The lowest BCUT2D eigenvalue weighted by Crippen LogP contribution is -2.49. The van der Waals surface area contributed by atoms with Crippen molar-refractivity contribution in [3.05, 3.63) is 29.3 Å². The van der Waals surface area contributed by atoms with Crippen molar-refractivity contribution in [1.82, 2.24) is 9.80 Å². The largest absolute Gasteiger partial charge is 0.353 e. The summed E-state index contributed by atoms with van der Waals surface area (Å²) in [6.45, 7) is 6.47. The van der Waals surface area contributed by atoms with E-state index >= 15 is 0 Å². The van der Waals surface area contributed by atoms with Crippen LogP contribution in [0.1, 0.15) is 18.1 Å². The van der Waals surface area contributed by atoms with Gasteiger partial charge in [-0.15, -0.1) is 0 Å². The summed E-state index contributed by atoms with van der Waals surface area (Å²) in [6, 6.07) is 6.69. The molecule has 0 saturated carbocycles. The van der Waals surface area contributed by atoms with Gasteiger partial charge in [0.25, 0.3) is 0 Å². The smallest absolute Gasteiger partial charge is 0.119 e. The Morgan fingerprint density at radius 3 is 2.94 bits per heavy atom. The minimum Gasteiger partial charge on any atom is -0.353 e. The number of likely N-dealkylation sites (N-methyl/N-ethyl adjacent to an activating group) is 1. The molecule has 3 heteroatoms. The Bertz CT molecular complexity index is 465. The molecule has 0 radical (unpaired) electrons. The highest BCUT2D eigenvalue weighted by Gasteiger charge is 2.24. The predicted molar refractivity (Wildman–Crippen MR) is 70.8 cm³/mol. The number of nitrogens with zero attached hydrogens (tertiary/aromatic N) is 3. The second kappa shape index (κ2) is 4.15. The first-order valence-electron chi connectivity index (χ1n) is 6.39. The van der Waals surface area contributed by atoms with Gasteiger partial charge in [-0.05, 0) is 30.7 Å². The van der Waals surface area contributed by atoms with Crippen molar-refractivity contribution in [3.63, 3.8) is 0 Å². The van der Waals surface area contributed by atoms with Gasteiger partial charge in [-0.3, -0.25) is 4.90 Å². The van der Waals surface area contributed by atoms with Crippen LogP contribution in [0.15, 0.2) is 23.2 Å². The molecule has 1 aromatic carbocycles. The van der Waals surface area contributed by atoms with Crippen molar-refractivity contribution in [1.29, 1.82) is 0 Å². The van der Waals surface area contributed by atoms with Crippen LogP contribution in [0.25, 0.3) is 0 Å². The predicted octanol–water partition coefficient (Wildman–Crippen LogP) is 2.04. The van der Waals surface area contributed by atoms with Crippen LogP contribution in [0.2, 0.25) is 0 Å². The monoisotopic (exact) mass is 229 g/mol. The molecule has 0 N–H and O–H groups in total. The minimum atomic E-state index is 0.981. The van der Waals surface area contributed by atoms with E-state index in [2.05, 4.69) is 42.0 Å². The SMILES string of the molecule is CCc1ccc2c(c1)CN1CCN(C)CC1=N2. The third kappa shape index (κ3) is 1.95. The maximum atomic E-state index is 4.79. The van der Waals surface area contributed by atoms with Crippen molar-refractivity contribution in [3.8, 4) is 0 Å². The van der Waals surface area contributed by atoms with Crippen LogP contribution in [0, 0.1) is 0 Å². The zero-order valence-electron chi connectivity index (χ0n) is 10.6. The fourth-order valence-electron chi connectivity index (χ4n) is 2.56. The van der Waals surface area contributed by atoms with Crippen molar-refractivity contribution in [2.75, 3.05) is 26.7 Å². The fourth-order valence-corrected chi connectivity index (χ4v) is 2.56. The Morgan fingerprint density at radius 2 is 2.12 bits per heavy atom. The van der Waals surface area contributed by atoms with E-state index in [4.69, 9.17) is 4.99 Å². The van der Waals surface area contributed by atoms with Crippen LogP contribution in [-0.4, -0.2) is 42.3 Å². The number of aryl methyl sites for hydroxylation is 1. The van der Waals surface area contributed by atoms with Gasteiger partial charge in [0.2, 0.25) is 0 Å². The molecule has 3 nitrogen and oxygen atoms in total. The molecule has 3 rings (SSSR count). The van der Waals surface area contributed by atoms with Gasteiger partial charge in [0.1, 0.15) is 5.84 Å². The van der Waals surface area contributed by atoms with E-state index < -0.39 is 0 Å². The quantitative estimate of drug-likeness (QED) is 0.734. The number of amidine groups is 1. The molecule has 0 unspecified atom stereocenters. The van der Waals surface area contributed by atoms with Gasteiger partial charge in [0, 0.05) is 19.6 Å². The molecule has 0 aliphatic carbocycles. The lowest BCUT2D eigenvalue weighted by atomic mass is 10.0. The summed E-state index contributed by atoms with van der Waals surface area (Å²) in [5, 5.41) is 0. The van der Waals surface area contributed by atoms with Gasteiger partial charge >= 0.3 is 0 Å². The normalized spacial score (nSPS) is 19.6. The molecule has 0 amide bonds. The number of piperazine rings is 1. The average molecular weight is 229 g/mol. The van der Waals surface area contributed by atoms with Gasteiger partial charge in [0.05, 0.1) is 12.2 Å². The van der Waals surface area contributed by atoms with Gasteiger partial charge in [0.15, 0.2) is 0 Å². The molecule has 0 bridgehead atoms.